The standard InChI is InChI=1S/C6H10BrNO2S/c1-6(7)5-8-3-2-4-11(8,9)10/h1-5H2. The molecule has 0 aliphatic carbocycles. The highest BCUT2D eigenvalue weighted by atomic mass is 79.9. The first kappa shape index (κ1) is 9.22. The van der Waals surface area contributed by atoms with Gasteiger partial charge in [-0.05, 0) is 6.42 Å². The van der Waals surface area contributed by atoms with E-state index in [-0.39, 0.29) is 5.75 Å². The van der Waals surface area contributed by atoms with E-state index in [9.17, 15) is 8.42 Å². The molecule has 1 rings (SSSR count). The topological polar surface area (TPSA) is 37.4 Å². The third kappa shape index (κ3) is 2.28. The first-order valence-corrected chi connectivity index (χ1v) is 5.74. The molecule has 0 atom stereocenters. The predicted octanol–water partition coefficient (Wildman–Crippen LogP) is 0.930. The van der Waals surface area contributed by atoms with Gasteiger partial charge in [0.25, 0.3) is 0 Å². The Labute approximate surface area is 75.3 Å². The maximum Gasteiger partial charge on any atom is 0.214 e. The van der Waals surface area contributed by atoms with Gasteiger partial charge in [-0.3, -0.25) is 0 Å². The lowest BCUT2D eigenvalue weighted by Crippen LogP contribution is -2.26. The maximum absolute atomic E-state index is 11.2. The molecule has 1 aliphatic heterocycles. The van der Waals surface area contributed by atoms with Crippen LogP contribution in [-0.2, 0) is 10.0 Å². The Morgan fingerprint density at radius 1 is 1.64 bits per heavy atom. The third-order valence-electron chi connectivity index (χ3n) is 1.55. The van der Waals surface area contributed by atoms with Gasteiger partial charge in [-0.15, -0.1) is 0 Å². The van der Waals surface area contributed by atoms with Crippen LogP contribution in [0.5, 0.6) is 0 Å². The molecule has 0 unspecified atom stereocenters. The molecule has 1 saturated heterocycles. The van der Waals surface area contributed by atoms with E-state index in [0.29, 0.717) is 17.6 Å². The van der Waals surface area contributed by atoms with Gasteiger partial charge in [0, 0.05) is 17.6 Å². The molecule has 0 aromatic rings. The number of halogens is 1. The zero-order valence-corrected chi connectivity index (χ0v) is 8.49. The highest BCUT2D eigenvalue weighted by Gasteiger charge is 2.27. The van der Waals surface area contributed by atoms with Gasteiger partial charge in [-0.2, -0.15) is 4.31 Å². The molecule has 5 heteroatoms. The molecule has 0 aromatic heterocycles. The lowest BCUT2D eigenvalue weighted by molar-refractivity contribution is 0.477. The monoisotopic (exact) mass is 239 g/mol. The fraction of sp³-hybridized carbons (Fsp3) is 0.667. The van der Waals surface area contributed by atoms with E-state index in [1.165, 1.54) is 4.31 Å². The van der Waals surface area contributed by atoms with E-state index >= 15 is 0 Å². The quantitative estimate of drug-likeness (QED) is 0.720. The van der Waals surface area contributed by atoms with Crippen LogP contribution in [0.3, 0.4) is 0 Å². The molecule has 0 spiro atoms. The lowest BCUT2D eigenvalue weighted by Gasteiger charge is -2.12. The Balaban J connectivity index is 2.66. The summed E-state index contributed by atoms with van der Waals surface area (Å²) in [6, 6.07) is 0. The molecule has 1 aliphatic rings. The fourth-order valence-corrected chi connectivity index (χ4v) is 3.04. The van der Waals surface area contributed by atoms with Crippen molar-refractivity contribution in [2.75, 3.05) is 18.8 Å². The Morgan fingerprint density at radius 2 is 2.27 bits per heavy atom. The highest BCUT2D eigenvalue weighted by Crippen LogP contribution is 2.16. The van der Waals surface area contributed by atoms with Crippen molar-refractivity contribution < 1.29 is 8.42 Å². The van der Waals surface area contributed by atoms with Crippen LogP contribution in [0.15, 0.2) is 11.1 Å². The summed E-state index contributed by atoms with van der Waals surface area (Å²) in [4.78, 5) is 0. The van der Waals surface area contributed by atoms with Crippen molar-refractivity contribution in [1.82, 2.24) is 4.31 Å². The molecular weight excluding hydrogens is 230 g/mol. The molecule has 11 heavy (non-hydrogen) atoms. The molecule has 1 fully saturated rings. The largest absolute Gasteiger partial charge is 0.214 e. The Bertz CT molecular complexity index is 260. The summed E-state index contributed by atoms with van der Waals surface area (Å²) >= 11 is 3.14. The summed E-state index contributed by atoms with van der Waals surface area (Å²) < 4.78 is 24.5. The average Bonchev–Trinajstić information content (AvgIpc) is 2.10. The summed E-state index contributed by atoms with van der Waals surface area (Å²) in [6.45, 7) is 4.63. The third-order valence-corrected chi connectivity index (χ3v) is 3.70. The van der Waals surface area contributed by atoms with E-state index in [2.05, 4.69) is 22.5 Å². The van der Waals surface area contributed by atoms with Gasteiger partial charge in [0.1, 0.15) is 0 Å². The van der Waals surface area contributed by atoms with Crippen LogP contribution in [0.4, 0.5) is 0 Å². The minimum atomic E-state index is -2.94. The number of hydrogen-bond donors (Lipinski definition) is 0. The zero-order chi connectivity index (χ0) is 8.48. The number of hydrogen-bond acceptors (Lipinski definition) is 2. The normalized spacial score (nSPS) is 23.7. The molecule has 1 heterocycles. The van der Waals surface area contributed by atoms with Crippen molar-refractivity contribution in [2.45, 2.75) is 6.42 Å². The second kappa shape index (κ2) is 3.25. The van der Waals surface area contributed by atoms with Crippen molar-refractivity contribution in [3.8, 4) is 0 Å². The van der Waals surface area contributed by atoms with Crippen LogP contribution in [0, 0.1) is 0 Å². The summed E-state index contributed by atoms with van der Waals surface area (Å²) in [7, 11) is -2.94. The average molecular weight is 240 g/mol. The van der Waals surface area contributed by atoms with E-state index in [1.54, 1.807) is 0 Å². The van der Waals surface area contributed by atoms with Gasteiger partial charge in [0.15, 0.2) is 0 Å². The summed E-state index contributed by atoms with van der Waals surface area (Å²) in [5.74, 6) is 0.285. The minimum absolute atomic E-state index is 0.285. The van der Waals surface area contributed by atoms with Crippen LogP contribution in [0.2, 0.25) is 0 Å². The summed E-state index contributed by atoms with van der Waals surface area (Å²) in [5.41, 5.74) is 0. The molecule has 0 amide bonds. The second-order valence-electron chi connectivity index (χ2n) is 2.52. The van der Waals surface area contributed by atoms with Crippen molar-refractivity contribution >= 4 is 26.0 Å². The van der Waals surface area contributed by atoms with Gasteiger partial charge in [-0.1, -0.05) is 22.5 Å². The molecule has 0 bridgehead atoms. The minimum Gasteiger partial charge on any atom is -0.212 e. The van der Waals surface area contributed by atoms with Crippen molar-refractivity contribution in [3.63, 3.8) is 0 Å². The molecule has 0 aromatic carbocycles. The van der Waals surface area contributed by atoms with E-state index < -0.39 is 10.0 Å². The predicted molar refractivity (Wildman–Crippen MR) is 48.0 cm³/mol. The van der Waals surface area contributed by atoms with Crippen LogP contribution in [0.1, 0.15) is 6.42 Å². The van der Waals surface area contributed by atoms with Crippen molar-refractivity contribution in [3.05, 3.63) is 11.1 Å². The van der Waals surface area contributed by atoms with Crippen LogP contribution >= 0.6 is 15.9 Å². The first-order valence-electron chi connectivity index (χ1n) is 3.33. The van der Waals surface area contributed by atoms with Crippen LogP contribution in [-0.4, -0.2) is 31.6 Å². The smallest absolute Gasteiger partial charge is 0.212 e. The summed E-state index contributed by atoms with van der Waals surface area (Å²) in [5, 5.41) is 0. The Morgan fingerprint density at radius 3 is 2.64 bits per heavy atom. The Hall–Kier alpha value is 0.130. The van der Waals surface area contributed by atoms with Gasteiger partial charge < -0.3 is 0 Å². The van der Waals surface area contributed by atoms with Gasteiger partial charge in [0.05, 0.1) is 5.75 Å². The number of nitrogens with zero attached hydrogens (tertiary/aromatic N) is 1. The molecule has 0 radical (unpaired) electrons. The van der Waals surface area contributed by atoms with Gasteiger partial charge in [-0.25, -0.2) is 8.42 Å². The Kier molecular flexibility index (Phi) is 2.72. The molecule has 0 saturated carbocycles. The van der Waals surface area contributed by atoms with Crippen molar-refractivity contribution in [2.24, 2.45) is 0 Å². The lowest BCUT2D eigenvalue weighted by atomic mass is 10.5. The van der Waals surface area contributed by atoms with Gasteiger partial charge in [0.2, 0.25) is 10.0 Å². The van der Waals surface area contributed by atoms with E-state index in [0.717, 1.165) is 6.42 Å². The van der Waals surface area contributed by atoms with Crippen LogP contribution in [0.25, 0.3) is 0 Å². The van der Waals surface area contributed by atoms with E-state index in [4.69, 9.17) is 0 Å². The SMILES string of the molecule is C=C(Br)CN1CCCS1(=O)=O. The maximum atomic E-state index is 11.2. The zero-order valence-electron chi connectivity index (χ0n) is 6.09. The summed E-state index contributed by atoms with van der Waals surface area (Å²) in [6.07, 6.45) is 0.739. The molecule has 3 nitrogen and oxygen atoms in total. The second-order valence-corrected chi connectivity index (χ2v) is 5.73. The highest BCUT2D eigenvalue weighted by molar-refractivity contribution is 9.11. The van der Waals surface area contributed by atoms with Gasteiger partial charge >= 0.3 is 0 Å². The van der Waals surface area contributed by atoms with Crippen molar-refractivity contribution in [1.29, 1.82) is 0 Å². The number of sulfonamides is 1. The fourth-order valence-electron chi connectivity index (χ4n) is 1.06. The van der Waals surface area contributed by atoms with Crippen LogP contribution < -0.4 is 0 Å². The molecular formula is C6H10BrNO2S. The molecule has 64 valence electrons. The first-order chi connectivity index (χ1) is 5.02. The van der Waals surface area contributed by atoms with E-state index in [1.807, 2.05) is 0 Å². The molecule has 0 N–H and O–H groups in total. The number of rotatable bonds is 2.